The Labute approximate surface area is 367 Å². The average molecular weight is 886 g/mol. The second-order valence-electron chi connectivity index (χ2n) is 16.0. The fourth-order valence-electron chi connectivity index (χ4n) is 8.58. The Bertz CT molecular complexity index is 2440. The van der Waals surface area contributed by atoms with Crippen LogP contribution in [0.3, 0.4) is 0 Å². The molecule has 3 aromatic carbocycles. The van der Waals surface area contributed by atoms with Crippen LogP contribution in [0.5, 0.6) is 11.5 Å². The minimum absolute atomic E-state index is 0.0261. The molecule has 14 nitrogen and oxygen atoms in total. The predicted molar refractivity (Wildman–Crippen MR) is 238 cm³/mol. The second-order valence-corrected chi connectivity index (χ2v) is 17.7. The summed E-state index contributed by atoms with van der Waals surface area (Å²) in [5.74, 6) is -1.22. The van der Waals surface area contributed by atoms with Crippen LogP contribution in [-0.4, -0.2) is 96.5 Å². The third-order valence-electron chi connectivity index (χ3n) is 12.1. The number of carbonyl (C=O) groups is 1. The van der Waals surface area contributed by atoms with Crippen LogP contribution < -0.4 is 19.7 Å². The molecule has 1 aliphatic heterocycles. The zero-order valence-electron chi connectivity index (χ0n) is 34.4. The van der Waals surface area contributed by atoms with Crippen LogP contribution in [0.15, 0.2) is 89.6 Å². The molecule has 1 atom stereocenters. The van der Waals surface area contributed by atoms with Crippen molar-refractivity contribution in [3.05, 3.63) is 117 Å². The van der Waals surface area contributed by atoms with Crippen LogP contribution in [0.25, 0.3) is 16.6 Å². The number of benzene rings is 3. The third-order valence-corrected chi connectivity index (χ3v) is 13.4. The first kappa shape index (κ1) is 43.4. The maximum absolute atomic E-state index is 16.3. The number of ether oxygens (including phenoxy) is 3. The van der Waals surface area contributed by atoms with Crippen LogP contribution in [-0.2, 0) is 20.8 Å². The second kappa shape index (κ2) is 19.4. The first-order chi connectivity index (χ1) is 30.1. The number of allylic oxidation sites excluding steroid dienone is 1. The summed E-state index contributed by atoms with van der Waals surface area (Å²) in [6.07, 6.45) is 10.5. The number of rotatable bonds is 17. The van der Waals surface area contributed by atoms with Crippen LogP contribution in [0, 0.1) is 21.3 Å². The van der Waals surface area contributed by atoms with Crippen LogP contribution in [0.1, 0.15) is 54.4 Å². The summed E-state index contributed by atoms with van der Waals surface area (Å²) in [5.41, 5.74) is 5.10. The van der Waals surface area contributed by atoms with Gasteiger partial charge < -0.3 is 34.0 Å². The molecule has 5 aromatic rings. The van der Waals surface area contributed by atoms with E-state index in [4.69, 9.17) is 25.8 Å². The third kappa shape index (κ3) is 10.0. The summed E-state index contributed by atoms with van der Waals surface area (Å²) in [6.45, 7) is 4.69. The van der Waals surface area contributed by atoms with E-state index >= 15 is 4.39 Å². The van der Waals surface area contributed by atoms with Gasteiger partial charge in [-0.15, -0.1) is 0 Å². The Morgan fingerprint density at radius 2 is 1.84 bits per heavy atom. The van der Waals surface area contributed by atoms with Gasteiger partial charge >= 0.3 is 0 Å². The van der Waals surface area contributed by atoms with Crippen molar-refractivity contribution in [1.29, 1.82) is 0 Å². The Kier molecular flexibility index (Phi) is 13.6. The number of anilines is 2. The highest BCUT2D eigenvalue weighted by Crippen LogP contribution is 2.55. The predicted octanol–water partition coefficient (Wildman–Crippen LogP) is 8.51. The molecule has 62 heavy (non-hydrogen) atoms. The molecule has 1 spiro atoms. The highest BCUT2D eigenvalue weighted by molar-refractivity contribution is 7.90. The minimum atomic E-state index is -2.26. The molecular formula is C45H49ClFN7O7S. The molecule has 0 radical (unpaired) electrons. The minimum Gasteiger partial charge on any atom is -0.588 e. The van der Waals surface area contributed by atoms with E-state index in [1.807, 2.05) is 23.1 Å². The standard InChI is InChI=1S/C45H49ClFN7O7S/c1-59-21-22-60-20-15-48-39-8-7-35(24-41(39)54(56)57)62(58)51-44(55)36-25-38(47)40(26-42(36)61-34-23-31-10-14-49-43(31)50-28-34)53-18-16-52(17-19-53)29-32-9-13-45(11-2-12-45)27-37(32)30-3-5-33(46)6-4-30/h3-8,10,14,23-26,28,48H,2,9,11-13,15-22,27,29H2,1H3,(H,49,50)(H,51,55). The lowest BCUT2D eigenvalue weighted by Gasteiger charge is -2.47. The Balaban J connectivity index is 0.990. The number of aromatic nitrogens is 2. The number of H-pyrrole nitrogens is 1. The van der Waals surface area contributed by atoms with Crippen molar-refractivity contribution in [2.24, 2.45) is 5.41 Å². The summed E-state index contributed by atoms with van der Waals surface area (Å²) in [6, 6.07) is 18.3. The zero-order valence-corrected chi connectivity index (χ0v) is 36.0. The number of halogens is 2. The van der Waals surface area contributed by atoms with Gasteiger partial charge in [-0.25, -0.2) is 9.37 Å². The van der Waals surface area contributed by atoms with Gasteiger partial charge in [-0.3, -0.25) is 19.8 Å². The van der Waals surface area contributed by atoms with E-state index in [-0.39, 0.29) is 46.4 Å². The van der Waals surface area contributed by atoms with E-state index in [1.165, 1.54) is 66.8 Å². The van der Waals surface area contributed by atoms with Gasteiger partial charge in [0.05, 0.1) is 48.3 Å². The van der Waals surface area contributed by atoms with Gasteiger partial charge in [0.15, 0.2) is 4.90 Å². The fraction of sp³-hybridized carbons (Fsp3) is 0.378. The average Bonchev–Trinajstić information content (AvgIpc) is 3.74. The van der Waals surface area contributed by atoms with Crippen molar-refractivity contribution in [2.75, 3.05) is 76.4 Å². The number of methoxy groups -OCH3 is 1. The number of nitro benzene ring substituents is 1. The van der Waals surface area contributed by atoms with E-state index in [0.717, 1.165) is 41.9 Å². The van der Waals surface area contributed by atoms with Crippen molar-refractivity contribution in [3.63, 3.8) is 0 Å². The number of piperazine rings is 1. The molecule has 1 saturated heterocycles. The monoisotopic (exact) mass is 885 g/mol. The molecule has 1 amide bonds. The molecule has 3 heterocycles. The van der Waals surface area contributed by atoms with Crippen molar-refractivity contribution < 1.29 is 32.9 Å². The van der Waals surface area contributed by atoms with Gasteiger partial charge in [0, 0.05) is 69.1 Å². The first-order valence-electron chi connectivity index (χ1n) is 20.8. The van der Waals surface area contributed by atoms with Gasteiger partial charge in [-0.05, 0) is 91.1 Å². The van der Waals surface area contributed by atoms with E-state index < -0.39 is 28.0 Å². The first-order valence-corrected chi connectivity index (χ1v) is 22.3. The van der Waals surface area contributed by atoms with Gasteiger partial charge in [-0.1, -0.05) is 35.7 Å². The topological polar surface area (TPSA) is 170 Å². The number of amides is 1. The summed E-state index contributed by atoms with van der Waals surface area (Å²) in [5, 5.41) is 16.4. The van der Waals surface area contributed by atoms with Crippen molar-refractivity contribution >= 4 is 62.5 Å². The van der Waals surface area contributed by atoms with Crippen LogP contribution in [0.2, 0.25) is 5.02 Å². The number of pyridine rings is 1. The lowest BCUT2D eigenvalue weighted by molar-refractivity contribution is -0.384. The summed E-state index contributed by atoms with van der Waals surface area (Å²) < 4.78 is 48.8. The Morgan fingerprint density at radius 1 is 1.03 bits per heavy atom. The number of nitrogens with one attached hydrogen (secondary N) is 3. The number of fused-ring (bicyclic) bond motifs is 1. The molecule has 2 aliphatic carbocycles. The molecular weight excluding hydrogens is 837 g/mol. The SMILES string of the molecule is COCCOCCNc1ccc([S+]([O-])NC(=O)c2cc(F)c(N3CCN(CC4=C(c5ccc(Cl)cc5)CC5(CCC5)CC4)CC3)cc2Oc2cnc3[nH]ccc3c2)cc1[N+](=O)[O-]. The molecule has 3 aliphatic rings. The van der Waals surface area contributed by atoms with Gasteiger partial charge in [0.1, 0.15) is 40.0 Å². The van der Waals surface area contributed by atoms with E-state index in [9.17, 15) is 19.5 Å². The van der Waals surface area contributed by atoms with E-state index in [1.54, 1.807) is 19.4 Å². The number of hydrogen-bond acceptors (Lipinski definition) is 11. The summed E-state index contributed by atoms with van der Waals surface area (Å²) >= 11 is 4.00. The van der Waals surface area contributed by atoms with Crippen LogP contribution in [0.4, 0.5) is 21.5 Å². The molecule has 1 unspecified atom stereocenters. The summed E-state index contributed by atoms with van der Waals surface area (Å²) in [7, 11) is 1.56. The number of hydrogen-bond donors (Lipinski definition) is 3. The normalized spacial score (nSPS) is 16.9. The maximum atomic E-state index is 16.3. The van der Waals surface area contributed by atoms with E-state index in [0.29, 0.717) is 56.2 Å². The molecule has 2 fully saturated rings. The molecule has 8 rings (SSSR count). The zero-order chi connectivity index (χ0) is 43.2. The van der Waals surface area contributed by atoms with Crippen molar-refractivity contribution in [1.82, 2.24) is 19.6 Å². The quantitative estimate of drug-likeness (QED) is 0.0354. The smallest absolute Gasteiger partial charge is 0.297 e. The van der Waals surface area contributed by atoms with Gasteiger partial charge in [-0.2, -0.15) is 4.72 Å². The number of carbonyl (C=O) groups excluding carboxylic acids is 1. The molecule has 3 N–H and O–H groups in total. The lowest BCUT2D eigenvalue weighted by Crippen LogP contribution is -2.47. The molecule has 17 heteroatoms. The van der Waals surface area contributed by atoms with Crippen LogP contribution >= 0.6 is 11.6 Å². The molecule has 2 aromatic heterocycles. The highest BCUT2D eigenvalue weighted by Gasteiger charge is 2.41. The van der Waals surface area contributed by atoms with Crippen molar-refractivity contribution in [3.8, 4) is 11.5 Å². The highest BCUT2D eigenvalue weighted by atomic mass is 35.5. The summed E-state index contributed by atoms with van der Waals surface area (Å²) in [4.78, 5) is 37.0. The Hall–Kier alpha value is -5.23. The van der Waals surface area contributed by atoms with E-state index in [2.05, 4.69) is 37.0 Å². The fourth-order valence-corrected chi connectivity index (χ4v) is 9.52. The molecule has 1 saturated carbocycles. The number of nitrogens with zero attached hydrogens (tertiary/aromatic N) is 4. The largest absolute Gasteiger partial charge is 0.588 e. The van der Waals surface area contributed by atoms with Crippen molar-refractivity contribution in [2.45, 2.75) is 43.4 Å². The maximum Gasteiger partial charge on any atom is 0.297 e. The number of nitro groups is 1. The molecule has 326 valence electrons. The Morgan fingerprint density at radius 3 is 2.58 bits per heavy atom. The number of aromatic amines is 1. The molecule has 0 bridgehead atoms. The van der Waals surface area contributed by atoms with Gasteiger partial charge in [0.2, 0.25) is 0 Å². The van der Waals surface area contributed by atoms with Gasteiger partial charge in [0.25, 0.3) is 11.6 Å². The lowest BCUT2D eigenvalue weighted by atomic mass is 9.59.